The second kappa shape index (κ2) is 8.11. The van der Waals surface area contributed by atoms with Crippen molar-refractivity contribution in [3.8, 4) is 0 Å². The highest BCUT2D eigenvalue weighted by atomic mass is 16.2. The van der Waals surface area contributed by atoms with Crippen molar-refractivity contribution in [1.82, 2.24) is 5.32 Å². The van der Waals surface area contributed by atoms with E-state index in [1.54, 1.807) is 19.2 Å². The van der Waals surface area contributed by atoms with Crippen molar-refractivity contribution in [1.29, 1.82) is 0 Å². The first-order valence-electron chi connectivity index (χ1n) is 8.40. The number of carbonyl (C=O) groups is 2. The summed E-state index contributed by atoms with van der Waals surface area (Å²) in [4.78, 5) is 24.1. The molecular weight excluding hydrogens is 290 g/mol. The Morgan fingerprint density at radius 2 is 1.96 bits per heavy atom. The molecule has 2 amide bonds. The number of hydrogen-bond donors (Lipinski definition) is 3. The maximum absolute atomic E-state index is 12.4. The summed E-state index contributed by atoms with van der Waals surface area (Å²) in [6, 6.07) is 4.76. The van der Waals surface area contributed by atoms with Crippen LogP contribution in [-0.2, 0) is 4.79 Å². The Kier molecular flexibility index (Phi) is 6.16. The van der Waals surface area contributed by atoms with Gasteiger partial charge in [0.25, 0.3) is 5.91 Å². The molecule has 23 heavy (non-hydrogen) atoms. The molecule has 0 saturated heterocycles. The maximum Gasteiger partial charge on any atom is 0.251 e. The van der Waals surface area contributed by atoms with Crippen molar-refractivity contribution in [3.05, 3.63) is 29.3 Å². The van der Waals surface area contributed by atoms with E-state index in [4.69, 9.17) is 5.73 Å². The Hall–Kier alpha value is -1.88. The summed E-state index contributed by atoms with van der Waals surface area (Å²) >= 11 is 0. The summed E-state index contributed by atoms with van der Waals surface area (Å²) in [7, 11) is 1.58. The number of amides is 2. The van der Waals surface area contributed by atoms with Crippen LogP contribution in [-0.4, -0.2) is 24.9 Å². The molecule has 1 aromatic rings. The Morgan fingerprint density at radius 1 is 1.26 bits per heavy atom. The molecule has 0 heterocycles. The van der Waals surface area contributed by atoms with E-state index in [1.165, 1.54) is 32.1 Å². The van der Waals surface area contributed by atoms with Crippen LogP contribution >= 0.6 is 0 Å². The number of rotatable bonds is 5. The molecule has 1 fully saturated rings. The van der Waals surface area contributed by atoms with Gasteiger partial charge in [-0.25, -0.2) is 0 Å². The Labute approximate surface area is 138 Å². The second-order valence-electron chi connectivity index (χ2n) is 6.44. The van der Waals surface area contributed by atoms with Gasteiger partial charge in [-0.05, 0) is 37.0 Å². The minimum absolute atomic E-state index is 0.173. The van der Waals surface area contributed by atoms with Crippen LogP contribution in [0.25, 0.3) is 0 Å². The molecule has 1 saturated carbocycles. The first-order chi connectivity index (χ1) is 11.0. The zero-order chi connectivity index (χ0) is 16.8. The van der Waals surface area contributed by atoms with Gasteiger partial charge in [-0.2, -0.15) is 0 Å². The molecule has 0 aliphatic heterocycles. The molecule has 0 aromatic heterocycles. The summed E-state index contributed by atoms with van der Waals surface area (Å²) in [5, 5.41) is 5.46. The van der Waals surface area contributed by atoms with Gasteiger partial charge in [0.1, 0.15) is 0 Å². The first-order valence-corrected chi connectivity index (χ1v) is 8.40. The third-order valence-corrected chi connectivity index (χ3v) is 4.63. The number of benzene rings is 1. The molecule has 1 unspecified atom stereocenters. The molecule has 5 heteroatoms. The van der Waals surface area contributed by atoms with E-state index in [2.05, 4.69) is 10.6 Å². The molecule has 126 valence electrons. The molecular formula is C18H27N3O2. The van der Waals surface area contributed by atoms with Crippen LogP contribution in [0.1, 0.15) is 54.4 Å². The molecule has 0 bridgehead atoms. The SMILES string of the molecule is CNC(=O)c1ccc(C)c(NC(=O)C(N)CC2CCCCC2)c1. The molecule has 1 atom stereocenters. The zero-order valence-corrected chi connectivity index (χ0v) is 14.0. The quantitative estimate of drug-likeness (QED) is 0.780. The summed E-state index contributed by atoms with van der Waals surface area (Å²) in [5.41, 5.74) is 8.16. The minimum atomic E-state index is -0.499. The molecule has 5 nitrogen and oxygen atoms in total. The van der Waals surface area contributed by atoms with Crippen LogP contribution in [0.5, 0.6) is 0 Å². The van der Waals surface area contributed by atoms with E-state index in [9.17, 15) is 9.59 Å². The van der Waals surface area contributed by atoms with Gasteiger partial charge < -0.3 is 16.4 Å². The van der Waals surface area contributed by atoms with Crippen molar-refractivity contribution >= 4 is 17.5 Å². The van der Waals surface area contributed by atoms with Crippen molar-refractivity contribution in [2.75, 3.05) is 12.4 Å². The monoisotopic (exact) mass is 317 g/mol. The van der Waals surface area contributed by atoms with E-state index in [0.29, 0.717) is 17.2 Å². The van der Waals surface area contributed by atoms with Crippen molar-refractivity contribution in [2.24, 2.45) is 11.7 Å². The molecule has 1 aliphatic rings. The number of hydrogen-bond acceptors (Lipinski definition) is 3. The Morgan fingerprint density at radius 3 is 2.61 bits per heavy atom. The molecule has 0 radical (unpaired) electrons. The highest BCUT2D eigenvalue weighted by Gasteiger charge is 2.21. The van der Waals surface area contributed by atoms with Crippen LogP contribution < -0.4 is 16.4 Å². The highest BCUT2D eigenvalue weighted by molar-refractivity contribution is 5.99. The molecule has 1 aliphatic carbocycles. The van der Waals surface area contributed by atoms with Gasteiger partial charge in [0.05, 0.1) is 6.04 Å². The number of aryl methyl sites for hydroxylation is 1. The Balaban J connectivity index is 1.99. The third kappa shape index (κ3) is 4.79. The van der Waals surface area contributed by atoms with Gasteiger partial charge in [-0.1, -0.05) is 38.2 Å². The summed E-state index contributed by atoms with van der Waals surface area (Å²) in [5.74, 6) is 0.211. The molecule has 0 spiro atoms. The van der Waals surface area contributed by atoms with Gasteiger partial charge in [-0.15, -0.1) is 0 Å². The van der Waals surface area contributed by atoms with Crippen LogP contribution in [0.3, 0.4) is 0 Å². The fourth-order valence-corrected chi connectivity index (χ4v) is 3.16. The van der Waals surface area contributed by atoms with E-state index >= 15 is 0 Å². The minimum Gasteiger partial charge on any atom is -0.355 e. The average Bonchev–Trinajstić information content (AvgIpc) is 2.56. The highest BCUT2D eigenvalue weighted by Crippen LogP contribution is 2.27. The van der Waals surface area contributed by atoms with E-state index < -0.39 is 6.04 Å². The molecule has 1 aromatic carbocycles. The van der Waals surface area contributed by atoms with Gasteiger partial charge in [0.15, 0.2) is 0 Å². The number of nitrogens with one attached hydrogen (secondary N) is 2. The number of carbonyl (C=O) groups excluding carboxylic acids is 2. The standard InChI is InChI=1S/C18H27N3O2/c1-12-8-9-14(17(22)20-2)11-16(12)21-18(23)15(19)10-13-6-4-3-5-7-13/h8-9,11,13,15H,3-7,10,19H2,1-2H3,(H,20,22)(H,21,23). The van der Waals surface area contributed by atoms with Crippen molar-refractivity contribution in [2.45, 2.75) is 51.5 Å². The lowest BCUT2D eigenvalue weighted by atomic mass is 9.85. The summed E-state index contributed by atoms with van der Waals surface area (Å²) in [6.07, 6.45) is 6.86. The fraction of sp³-hybridized carbons (Fsp3) is 0.556. The van der Waals surface area contributed by atoms with E-state index in [1.807, 2.05) is 13.0 Å². The zero-order valence-electron chi connectivity index (χ0n) is 14.0. The van der Waals surface area contributed by atoms with Crippen LogP contribution in [0, 0.1) is 12.8 Å². The van der Waals surface area contributed by atoms with Gasteiger partial charge in [0.2, 0.25) is 5.91 Å². The molecule has 2 rings (SSSR count). The van der Waals surface area contributed by atoms with Crippen LogP contribution in [0.4, 0.5) is 5.69 Å². The van der Waals surface area contributed by atoms with Crippen molar-refractivity contribution in [3.63, 3.8) is 0 Å². The van der Waals surface area contributed by atoms with Crippen LogP contribution in [0.15, 0.2) is 18.2 Å². The molecule has 4 N–H and O–H groups in total. The third-order valence-electron chi connectivity index (χ3n) is 4.63. The van der Waals surface area contributed by atoms with E-state index in [0.717, 1.165) is 12.0 Å². The predicted molar refractivity (Wildman–Crippen MR) is 92.4 cm³/mol. The predicted octanol–water partition coefficient (Wildman–Crippen LogP) is 2.59. The Bertz CT molecular complexity index is 565. The lowest BCUT2D eigenvalue weighted by Crippen LogP contribution is -2.37. The normalized spacial score (nSPS) is 16.7. The van der Waals surface area contributed by atoms with Crippen LogP contribution in [0.2, 0.25) is 0 Å². The maximum atomic E-state index is 12.4. The summed E-state index contributed by atoms with van der Waals surface area (Å²) in [6.45, 7) is 1.90. The first kappa shape index (κ1) is 17.5. The largest absolute Gasteiger partial charge is 0.355 e. The van der Waals surface area contributed by atoms with Gasteiger partial charge in [-0.3, -0.25) is 9.59 Å². The second-order valence-corrected chi connectivity index (χ2v) is 6.44. The van der Waals surface area contributed by atoms with Gasteiger partial charge >= 0.3 is 0 Å². The lowest BCUT2D eigenvalue weighted by Gasteiger charge is -2.24. The fourth-order valence-electron chi connectivity index (χ4n) is 3.16. The van der Waals surface area contributed by atoms with Crippen molar-refractivity contribution < 1.29 is 9.59 Å². The number of anilines is 1. The number of nitrogens with two attached hydrogens (primary N) is 1. The lowest BCUT2D eigenvalue weighted by molar-refractivity contribution is -0.117. The smallest absolute Gasteiger partial charge is 0.251 e. The van der Waals surface area contributed by atoms with Gasteiger partial charge in [0, 0.05) is 18.3 Å². The topological polar surface area (TPSA) is 84.2 Å². The summed E-state index contributed by atoms with van der Waals surface area (Å²) < 4.78 is 0. The average molecular weight is 317 g/mol. The van der Waals surface area contributed by atoms with E-state index in [-0.39, 0.29) is 11.8 Å².